The van der Waals surface area contributed by atoms with Crippen LogP contribution >= 0.6 is 0 Å². The third-order valence-electron chi connectivity index (χ3n) is 5.63. The molecule has 1 N–H and O–H groups in total. The average molecular weight is 403 g/mol. The van der Waals surface area contributed by atoms with Crippen molar-refractivity contribution in [2.45, 2.75) is 25.7 Å². The number of para-hydroxylation sites is 1. The van der Waals surface area contributed by atoms with E-state index in [9.17, 15) is 9.59 Å². The van der Waals surface area contributed by atoms with E-state index >= 15 is 0 Å². The number of rotatable bonds is 5. The number of hydrogen-bond donors (Lipinski definition) is 1. The summed E-state index contributed by atoms with van der Waals surface area (Å²) >= 11 is 0. The van der Waals surface area contributed by atoms with Crippen LogP contribution in [0.4, 0.5) is 5.69 Å². The molecule has 2 aromatic heterocycles. The SMILES string of the molecule is CCN(C(=O)c1cn[nH]c1C1CCN(C(=O)c2cccnc2)CC1)c1ccccc1. The van der Waals surface area contributed by atoms with Gasteiger partial charge in [0.15, 0.2) is 0 Å². The van der Waals surface area contributed by atoms with Gasteiger partial charge in [-0.1, -0.05) is 18.2 Å². The minimum absolute atomic E-state index is 0.00342. The average Bonchev–Trinajstić information content (AvgIpc) is 3.30. The van der Waals surface area contributed by atoms with E-state index in [4.69, 9.17) is 0 Å². The highest BCUT2D eigenvalue weighted by molar-refractivity contribution is 6.06. The van der Waals surface area contributed by atoms with Gasteiger partial charge in [0.05, 0.1) is 23.0 Å². The van der Waals surface area contributed by atoms with Gasteiger partial charge in [0.25, 0.3) is 11.8 Å². The number of carbonyl (C=O) groups excluding carboxylic acids is 2. The van der Waals surface area contributed by atoms with Crippen LogP contribution in [0.2, 0.25) is 0 Å². The number of nitrogens with zero attached hydrogens (tertiary/aromatic N) is 4. The number of aromatic nitrogens is 3. The summed E-state index contributed by atoms with van der Waals surface area (Å²) in [6.45, 7) is 3.82. The Labute approximate surface area is 175 Å². The molecule has 0 atom stereocenters. The summed E-state index contributed by atoms with van der Waals surface area (Å²) < 4.78 is 0. The van der Waals surface area contributed by atoms with E-state index in [1.54, 1.807) is 35.6 Å². The lowest BCUT2D eigenvalue weighted by molar-refractivity contribution is 0.0710. The van der Waals surface area contributed by atoms with Crippen molar-refractivity contribution in [3.8, 4) is 0 Å². The molecule has 0 unspecified atom stereocenters. The number of piperidine rings is 1. The van der Waals surface area contributed by atoms with Crippen LogP contribution in [0.5, 0.6) is 0 Å². The molecule has 7 heteroatoms. The summed E-state index contributed by atoms with van der Waals surface area (Å²) in [5, 5.41) is 7.22. The lowest BCUT2D eigenvalue weighted by Crippen LogP contribution is -2.38. The predicted octanol–water partition coefficient (Wildman–Crippen LogP) is 3.49. The van der Waals surface area contributed by atoms with Crippen molar-refractivity contribution in [1.82, 2.24) is 20.1 Å². The van der Waals surface area contributed by atoms with Crippen molar-refractivity contribution < 1.29 is 9.59 Å². The molecule has 0 radical (unpaired) electrons. The number of benzene rings is 1. The van der Waals surface area contributed by atoms with Gasteiger partial charge in [-0.25, -0.2) is 0 Å². The van der Waals surface area contributed by atoms with Gasteiger partial charge in [-0.3, -0.25) is 19.7 Å². The number of anilines is 1. The summed E-state index contributed by atoms with van der Waals surface area (Å²) in [6.07, 6.45) is 6.45. The van der Waals surface area contributed by atoms with Crippen molar-refractivity contribution in [2.24, 2.45) is 0 Å². The fraction of sp³-hybridized carbons (Fsp3) is 0.304. The topological polar surface area (TPSA) is 82.2 Å². The highest BCUT2D eigenvalue weighted by Gasteiger charge is 2.30. The third-order valence-corrected chi connectivity index (χ3v) is 5.63. The van der Waals surface area contributed by atoms with Crippen LogP contribution in [0, 0.1) is 0 Å². The van der Waals surface area contributed by atoms with Crippen molar-refractivity contribution in [1.29, 1.82) is 0 Å². The van der Waals surface area contributed by atoms with Crippen LogP contribution < -0.4 is 4.90 Å². The van der Waals surface area contributed by atoms with Gasteiger partial charge in [0.1, 0.15) is 0 Å². The van der Waals surface area contributed by atoms with Crippen molar-refractivity contribution in [3.05, 3.63) is 77.9 Å². The highest BCUT2D eigenvalue weighted by Crippen LogP contribution is 2.30. The number of hydrogen-bond acceptors (Lipinski definition) is 4. The molecule has 7 nitrogen and oxygen atoms in total. The number of H-pyrrole nitrogens is 1. The van der Waals surface area contributed by atoms with Gasteiger partial charge in [-0.15, -0.1) is 0 Å². The first-order valence-electron chi connectivity index (χ1n) is 10.3. The molecule has 0 spiro atoms. The number of nitrogens with one attached hydrogen (secondary N) is 1. The Morgan fingerprint density at radius 3 is 2.53 bits per heavy atom. The van der Waals surface area contributed by atoms with E-state index in [1.807, 2.05) is 42.2 Å². The molecule has 1 fully saturated rings. The Morgan fingerprint density at radius 2 is 1.87 bits per heavy atom. The quantitative estimate of drug-likeness (QED) is 0.707. The van der Waals surface area contributed by atoms with Gasteiger partial charge in [0.2, 0.25) is 0 Å². The monoisotopic (exact) mass is 403 g/mol. The second kappa shape index (κ2) is 8.90. The minimum atomic E-state index is -0.0543. The summed E-state index contributed by atoms with van der Waals surface area (Å²) in [5.41, 5.74) is 2.95. The Balaban J connectivity index is 1.46. The van der Waals surface area contributed by atoms with E-state index < -0.39 is 0 Å². The zero-order valence-corrected chi connectivity index (χ0v) is 17.0. The molecule has 154 valence electrons. The Kier molecular flexibility index (Phi) is 5.88. The first kappa shape index (κ1) is 19.8. The van der Waals surface area contributed by atoms with Crippen molar-refractivity contribution in [2.75, 3.05) is 24.5 Å². The molecule has 1 aliphatic heterocycles. The van der Waals surface area contributed by atoms with E-state index in [2.05, 4.69) is 15.2 Å². The molecule has 1 aliphatic rings. The first-order chi connectivity index (χ1) is 14.7. The van der Waals surface area contributed by atoms with Gasteiger partial charge in [-0.2, -0.15) is 5.10 Å². The summed E-state index contributed by atoms with van der Waals surface area (Å²) in [4.78, 5) is 33.6. The maximum Gasteiger partial charge on any atom is 0.261 e. The lowest BCUT2D eigenvalue weighted by atomic mass is 9.90. The maximum atomic E-state index is 13.3. The second-order valence-corrected chi connectivity index (χ2v) is 7.39. The third kappa shape index (κ3) is 3.96. The van der Waals surface area contributed by atoms with Crippen LogP contribution in [0.1, 0.15) is 52.1 Å². The molecular weight excluding hydrogens is 378 g/mol. The Morgan fingerprint density at radius 1 is 1.10 bits per heavy atom. The molecule has 0 aliphatic carbocycles. The molecule has 0 bridgehead atoms. The number of carbonyl (C=O) groups is 2. The standard InChI is InChI=1S/C23H25N5O2/c1-2-28(19-8-4-3-5-9-19)23(30)20-16-25-26-21(20)17-10-13-27(14-11-17)22(29)18-7-6-12-24-15-18/h3-9,12,15-17H,2,10-11,13-14H2,1H3,(H,25,26). The van der Waals surface area contributed by atoms with Crippen molar-refractivity contribution >= 4 is 17.5 Å². The van der Waals surface area contributed by atoms with Crippen LogP contribution in [-0.2, 0) is 0 Å². The van der Waals surface area contributed by atoms with Gasteiger partial charge in [0, 0.05) is 43.6 Å². The summed E-state index contributed by atoms with van der Waals surface area (Å²) in [6, 6.07) is 13.2. The molecule has 30 heavy (non-hydrogen) atoms. The Hall–Kier alpha value is -3.48. The Bertz CT molecular complexity index is 995. The van der Waals surface area contributed by atoms with Gasteiger partial charge in [-0.05, 0) is 44.0 Å². The predicted molar refractivity (Wildman–Crippen MR) is 114 cm³/mol. The minimum Gasteiger partial charge on any atom is -0.339 e. The number of pyridine rings is 1. The molecule has 3 aromatic rings. The van der Waals surface area contributed by atoms with Crippen LogP contribution in [0.25, 0.3) is 0 Å². The maximum absolute atomic E-state index is 13.3. The largest absolute Gasteiger partial charge is 0.339 e. The van der Waals surface area contributed by atoms with Gasteiger partial charge >= 0.3 is 0 Å². The number of aromatic amines is 1. The molecule has 1 aromatic carbocycles. The smallest absolute Gasteiger partial charge is 0.261 e. The molecular formula is C23H25N5O2. The highest BCUT2D eigenvalue weighted by atomic mass is 16.2. The summed E-state index contributed by atoms with van der Waals surface area (Å²) in [7, 11) is 0. The molecule has 4 rings (SSSR count). The van der Waals surface area contributed by atoms with Crippen molar-refractivity contribution in [3.63, 3.8) is 0 Å². The number of amides is 2. The van der Waals surface area contributed by atoms with Crippen LogP contribution in [0.15, 0.2) is 61.1 Å². The molecule has 2 amide bonds. The van der Waals surface area contributed by atoms with Crippen LogP contribution in [-0.4, -0.2) is 51.5 Å². The van der Waals surface area contributed by atoms with Crippen LogP contribution in [0.3, 0.4) is 0 Å². The summed E-state index contributed by atoms with van der Waals surface area (Å²) in [5.74, 6) is 0.115. The van der Waals surface area contributed by atoms with E-state index in [0.717, 1.165) is 24.2 Å². The fourth-order valence-corrected chi connectivity index (χ4v) is 4.02. The molecule has 3 heterocycles. The number of likely N-dealkylation sites (tertiary alicyclic amines) is 1. The van der Waals surface area contributed by atoms with Gasteiger partial charge < -0.3 is 9.80 Å². The molecule has 1 saturated heterocycles. The normalized spacial score (nSPS) is 14.5. The zero-order valence-electron chi connectivity index (χ0n) is 17.0. The first-order valence-corrected chi connectivity index (χ1v) is 10.3. The fourth-order valence-electron chi connectivity index (χ4n) is 4.02. The second-order valence-electron chi connectivity index (χ2n) is 7.39. The van der Waals surface area contributed by atoms with E-state index in [1.165, 1.54) is 0 Å². The van der Waals surface area contributed by atoms with E-state index in [0.29, 0.717) is 30.8 Å². The zero-order chi connectivity index (χ0) is 20.9. The van der Waals surface area contributed by atoms with E-state index in [-0.39, 0.29) is 17.7 Å². The lowest BCUT2D eigenvalue weighted by Gasteiger charge is -2.32. The molecule has 0 saturated carbocycles.